The second kappa shape index (κ2) is 13.1. The summed E-state index contributed by atoms with van der Waals surface area (Å²) in [4.78, 5) is 7.34. The summed E-state index contributed by atoms with van der Waals surface area (Å²) < 4.78 is 41.8. The summed E-state index contributed by atoms with van der Waals surface area (Å²) >= 11 is 0. The summed E-state index contributed by atoms with van der Waals surface area (Å²) in [7, 11) is 0. The minimum absolute atomic E-state index is 0.140. The molecule has 246 valence electrons. The van der Waals surface area contributed by atoms with Crippen molar-refractivity contribution in [2.45, 2.75) is 13.3 Å². The van der Waals surface area contributed by atoms with E-state index in [0.29, 0.717) is 50.2 Å². The van der Waals surface area contributed by atoms with Crippen LogP contribution >= 0.6 is 0 Å². The third kappa shape index (κ3) is 6.14. The Morgan fingerprint density at radius 2 is 1.06 bits per heavy atom. The maximum absolute atomic E-state index is 12.6. The van der Waals surface area contributed by atoms with Crippen molar-refractivity contribution in [3.63, 3.8) is 0 Å². The van der Waals surface area contributed by atoms with E-state index in [4.69, 9.17) is 13.1 Å². The van der Waals surface area contributed by atoms with Gasteiger partial charge < -0.3 is 4.74 Å². The van der Waals surface area contributed by atoms with Crippen LogP contribution in [0.2, 0.25) is 0 Å². The fraction of sp³-hybridized carbons (Fsp3) is 0.0455. The van der Waals surface area contributed by atoms with Gasteiger partial charge >= 0.3 is 6.36 Å². The molecule has 0 radical (unpaired) electrons. The van der Waals surface area contributed by atoms with Gasteiger partial charge in [-0.25, -0.2) is 15.0 Å². The van der Waals surface area contributed by atoms with Crippen molar-refractivity contribution in [2.75, 3.05) is 0 Å². The van der Waals surface area contributed by atoms with Crippen LogP contribution in [0.15, 0.2) is 127 Å². The average molecular weight is 681 g/mol. The molecule has 0 amide bonds. The van der Waals surface area contributed by atoms with Crippen molar-refractivity contribution in [1.82, 2.24) is 0 Å². The minimum Gasteiger partial charge on any atom is -0.406 e. The van der Waals surface area contributed by atoms with Gasteiger partial charge in [0.1, 0.15) is 5.75 Å². The summed E-state index contributed by atoms with van der Waals surface area (Å²) in [5, 5.41) is 20.2. The fourth-order valence-electron chi connectivity index (χ4n) is 6.52. The molecule has 0 spiro atoms. The van der Waals surface area contributed by atoms with Gasteiger partial charge in [-0.1, -0.05) is 96.6 Å². The van der Waals surface area contributed by atoms with Gasteiger partial charge in [0, 0.05) is 11.1 Å². The van der Waals surface area contributed by atoms with Gasteiger partial charge in [-0.2, -0.15) is 5.26 Å². The van der Waals surface area contributed by atoms with Gasteiger partial charge in [0.05, 0.1) is 30.8 Å². The van der Waals surface area contributed by atoms with E-state index in [2.05, 4.69) is 44.8 Å². The Morgan fingerprint density at radius 3 is 1.54 bits per heavy atom. The van der Waals surface area contributed by atoms with Crippen LogP contribution in [0, 0.1) is 42.7 Å². The second-order valence-corrected chi connectivity index (χ2v) is 12.1. The van der Waals surface area contributed by atoms with Crippen LogP contribution in [0.25, 0.3) is 70.9 Å². The van der Waals surface area contributed by atoms with Crippen molar-refractivity contribution in [2.24, 2.45) is 0 Å². The standard InChI is InChI=1S/C44H23F3N4O/c1-26-4-6-27(7-5-26)28-10-14-32(15-11-28)36-22-38-37-21-35(31-12-8-29(9-13-31)30-16-18-34(19-17-30)52-44(45,46)47)33(24-48)20-39(37)43(42(25-49)51-3)40(38)23-41(36)50-2/h4-23H,1H3/b43-42-. The number of rotatable bonds is 5. The predicted octanol–water partition coefficient (Wildman–Crippen LogP) is 12.2. The smallest absolute Gasteiger partial charge is 0.406 e. The topological polar surface area (TPSA) is 65.5 Å². The van der Waals surface area contributed by atoms with Crippen LogP contribution in [0.3, 0.4) is 0 Å². The molecule has 0 fully saturated rings. The summed E-state index contributed by atoms with van der Waals surface area (Å²) in [6.45, 7) is 17.8. The fourth-order valence-corrected chi connectivity index (χ4v) is 6.52. The number of alkyl halides is 3. The molecule has 1 aliphatic rings. The zero-order valence-electron chi connectivity index (χ0n) is 27.4. The number of nitriles is 2. The van der Waals surface area contributed by atoms with Gasteiger partial charge in [-0.15, -0.1) is 13.2 Å². The molecule has 8 heteroatoms. The molecule has 0 unspecified atom stereocenters. The van der Waals surface area contributed by atoms with Crippen molar-refractivity contribution in [3.8, 4) is 73.5 Å². The van der Waals surface area contributed by atoms with Gasteiger partial charge in [-0.3, -0.25) is 0 Å². The maximum atomic E-state index is 12.6. The Labute approximate surface area is 298 Å². The molecule has 0 saturated carbocycles. The first-order chi connectivity index (χ1) is 25.1. The van der Waals surface area contributed by atoms with E-state index >= 15 is 0 Å². The lowest BCUT2D eigenvalue weighted by molar-refractivity contribution is -0.274. The molecule has 0 aliphatic heterocycles. The summed E-state index contributed by atoms with van der Waals surface area (Å²) in [6, 6.07) is 40.5. The van der Waals surface area contributed by atoms with E-state index < -0.39 is 6.36 Å². The van der Waals surface area contributed by atoms with Crippen LogP contribution < -0.4 is 4.74 Å². The highest BCUT2D eigenvalue weighted by atomic mass is 19.4. The van der Waals surface area contributed by atoms with Gasteiger partial charge in [-0.05, 0) is 98.5 Å². The van der Waals surface area contributed by atoms with Crippen LogP contribution in [0.5, 0.6) is 5.75 Å². The first-order valence-electron chi connectivity index (χ1n) is 15.9. The lowest BCUT2D eigenvalue weighted by atomic mass is 9.91. The second-order valence-electron chi connectivity index (χ2n) is 12.1. The Morgan fingerprint density at radius 1 is 0.596 bits per heavy atom. The molecule has 6 aromatic rings. The van der Waals surface area contributed by atoms with Gasteiger partial charge in [0.15, 0.2) is 5.69 Å². The maximum Gasteiger partial charge on any atom is 0.573 e. The van der Waals surface area contributed by atoms with Gasteiger partial charge in [0.2, 0.25) is 0 Å². The molecule has 5 nitrogen and oxygen atoms in total. The van der Waals surface area contributed by atoms with Gasteiger partial charge in [0.25, 0.3) is 5.70 Å². The molecule has 0 bridgehead atoms. The third-order valence-electron chi connectivity index (χ3n) is 9.02. The Balaban J connectivity index is 1.32. The zero-order valence-corrected chi connectivity index (χ0v) is 27.4. The molecule has 0 saturated heterocycles. The predicted molar refractivity (Wildman–Crippen MR) is 194 cm³/mol. The van der Waals surface area contributed by atoms with Crippen LogP contribution in [-0.2, 0) is 0 Å². The number of allylic oxidation sites excluding steroid dienone is 1. The largest absolute Gasteiger partial charge is 0.573 e. The number of aryl methyl sites for hydroxylation is 1. The first-order valence-corrected chi connectivity index (χ1v) is 15.9. The van der Waals surface area contributed by atoms with E-state index in [9.17, 15) is 23.7 Å². The number of hydrogen-bond acceptors (Lipinski definition) is 3. The summed E-state index contributed by atoms with van der Waals surface area (Å²) in [5.74, 6) is -0.318. The van der Waals surface area contributed by atoms with E-state index in [1.165, 1.54) is 29.8 Å². The van der Waals surface area contributed by atoms with E-state index in [1.54, 1.807) is 12.1 Å². The number of halogens is 3. The van der Waals surface area contributed by atoms with E-state index in [1.807, 2.05) is 73.7 Å². The highest BCUT2D eigenvalue weighted by molar-refractivity contribution is 6.07. The van der Waals surface area contributed by atoms with Crippen LogP contribution in [0.1, 0.15) is 22.3 Å². The number of nitrogens with zero attached hydrogens (tertiary/aromatic N) is 4. The summed E-state index contributed by atoms with van der Waals surface area (Å²) in [6.07, 6.45) is -4.78. The normalized spacial score (nSPS) is 12.4. The number of benzene rings is 6. The molecule has 0 atom stereocenters. The highest BCUT2D eigenvalue weighted by Crippen LogP contribution is 2.51. The molecular weight excluding hydrogens is 658 g/mol. The van der Waals surface area contributed by atoms with Crippen molar-refractivity contribution < 1.29 is 17.9 Å². The monoisotopic (exact) mass is 680 g/mol. The number of fused-ring (bicyclic) bond motifs is 3. The molecule has 6 aromatic carbocycles. The molecule has 7 rings (SSSR count). The lowest BCUT2D eigenvalue weighted by Crippen LogP contribution is -2.16. The number of hydrogen-bond donors (Lipinski definition) is 0. The van der Waals surface area contributed by atoms with Crippen molar-refractivity contribution >= 4 is 11.3 Å². The first kappa shape index (κ1) is 33.1. The molecular formula is C44H23F3N4O. The highest BCUT2D eigenvalue weighted by Gasteiger charge is 2.31. The summed E-state index contributed by atoms with van der Waals surface area (Å²) in [5.41, 5.74) is 11.1. The molecule has 0 N–H and O–H groups in total. The van der Waals surface area contributed by atoms with Crippen LogP contribution in [-0.4, -0.2) is 6.36 Å². The van der Waals surface area contributed by atoms with Crippen LogP contribution in [0.4, 0.5) is 18.9 Å². The average Bonchev–Trinajstić information content (AvgIpc) is 3.46. The van der Waals surface area contributed by atoms with Crippen molar-refractivity contribution in [3.05, 3.63) is 172 Å². The Bertz CT molecular complexity index is 2580. The Hall–Kier alpha value is -7.39. The quantitative estimate of drug-likeness (QED) is 0.134. The molecule has 1 aliphatic carbocycles. The minimum atomic E-state index is -4.78. The zero-order chi connectivity index (χ0) is 36.6. The SMILES string of the molecule is [C-]#[N+]/C(C#N)=C1/c2cc(C#N)c(-c3ccc(-c4ccc(OC(F)(F)F)cc4)cc3)cc2-c2cc(-c3ccc(-c4ccc(C)cc4)cc3)c([N+]#[C-])cc21. The van der Waals surface area contributed by atoms with E-state index in [-0.39, 0.29) is 11.4 Å². The third-order valence-corrected chi connectivity index (χ3v) is 9.02. The lowest BCUT2D eigenvalue weighted by Gasteiger charge is -2.12. The molecule has 0 heterocycles. The van der Waals surface area contributed by atoms with E-state index in [0.717, 1.165) is 33.4 Å². The number of ether oxygens (including phenoxy) is 1. The van der Waals surface area contributed by atoms with Crippen molar-refractivity contribution in [1.29, 1.82) is 10.5 Å². The molecule has 0 aromatic heterocycles. The Kier molecular flexibility index (Phi) is 8.37. The molecule has 52 heavy (non-hydrogen) atoms.